The second-order valence-corrected chi connectivity index (χ2v) is 5.14. The first kappa shape index (κ1) is 14.1. The molecule has 6 nitrogen and oxygen atoms in total. The number of carbonyl (C=O) groups excluding carboxylic acids is 2. The highest BCUT2D eigenvalue weighted by Gasteiger charge is 2.49. The molecule has 1 N–H and O–H groups in total. The van der Waals surface area contributed by atoms with Crippen LogP contribution in [-0.2, 0) is 9.59 Å². The third-order valence-corrected chi connectivity index (χ3v) is 3.59. The van der Waals surface area contributed by atoms with Gasteiger partial charge in [0, 0.05) is 13.2 Å². The van der Waals surface area contributed by atoms with Crippen LogP contribution in [0.4, 0.5) is 11.5 Å². The molecule has 2 heterocycles. The summed E-state index contributed by atoms with van der Waals surface area (Å²) in [5.41, 5.74) is -1.08. The Morgan fingerprint density at radius 2 is 1.95 bits per heavy atom. The highest BCUT2D eigenvalue weighted by molar-refractivity contribution is 6.19. The topological polar surface area (TPSA) is 71.5 Å². The number of amides is 2. The number of nitrogens with one attached hydrogen (secondary N) is 1. The zero-order chi connectivity index (χ0) is 15.7. The van der Waals surface area contributed by atoms with Crippen molar-refractivity contribution in [3.8, 4) is 5.75 Å². The van der Waals surface area contributed by atoms with Gasteiger partial charge in [0.1, 0.15) is 11.6 Å². The summed E-state index contributed by atoms with van der Waals surface area (Å²) in [6.07, 6.45) is 1.58. The Kier molecular flexibility index (Phi) is 3.29. The Morgan fingerprint density at radius 3 is 2.68 bits per heavy atom. The number of rotatable bonds is 2. The van der Waals surface area contributed by atoms with Gasteiger partial charge in [-0.1, -0.05) is 18.2 Å². The van der Waals surface area contributed by atoms with Gasteiger partial charge in [-0.05, 0) is 31.2 Å². The van der Waals surface area contributed by atoms with Crippen LogP contribution in [0.1, 0.15) is 6.92 Å². The van der Waals surface area contributed by atoms with E-state index in [2.05, 4.69) is 10.3 Å². The van der Waals surface area contributed by atoms with Crippen molar-refractivity contribution in [2.45, 2.75) is 12.5 Å². The molecular weight excluding hydrogens is 282 g/mol. The summed E-state index contributed by atoms with van der Waals surface area (Å²) in [6.45, 7) is 1.46. The van der Waals surface area contributed by atoms with Gasteiger partial charge in [-0.2, -0.15) is 0 Å². The number of likely N-dealkylation sites (N-methyl/N-ethyl adjacent to an activating group) is 1. The zero-order valence-corrected chi connectivity index (χ0v) is 12.2. The molecule has 6 heteroatoms. The molecule has 1 aliphatic heterocycles. The Balaban J connectivity index is 1.93. The minimum absolute atomic E-state index is 0.448. The van der Waals surface area contributed by atoms with Gasteiger partial charge in [-0.15, -0.1) is 0 Å². The monoisotopic (exact) mass is 297 g/mol. The first-order valence-corrected chi connectivity index (χ1v) is 6.81. The van der Waals surface area contributed by atoms with E-state index in [0.29, 0.717) is 17.3 Å². The summed E-state index contributed by atoms with van der Waals surface area (Å²) in [4.78, 5) is 30.5. The zero-order valence-electron chi connectivity index (χ0n) is 12.2. The molecule has 1 aliphatic rings. The number of pyridine rings is 1. The van der Waals surface area contributed by atoms with Gasteiger partial charge < -0.3 is 10.1 Å². The fourth-order valence-corrected chi connectivity index (χ4v) is 2.28. The summed E-state index contributed by atoms with van der Waals surface area (Å²) in [7, 11) is 1.56. The lowest BCUT2D eigenvalue weighted by atomic mass is 10.0. The predicted octanol–water partition coefficient (Wildman–Crippen LogP) is 1.83. The molecule has 0 aliphatic carbocycles. The summed E-state index contributed by atoms with van der Waals surface area (Å²) in [5, 5.41) is 2.71. The van der Waals surface area contributed by atoms with E-state index in [-0.39, 0.29) is 0 Å². The minimum atomic E-state index is -1.64. The van der Waals surface area contributed by atoms with Gasteiger partial charge in [0.25, 0.3) is 17.4 Å². The lowest BCUT2D eigenvalue weighted by Crippen LogP contribution is -2.59. The molecule has 2 amide bonds. The van der Waals surface area contributed by atoms with E-state index in [4.69, 9.17) is 4.74 Å². The van der Waals surface area contributed by atoms with Gasteiger partial charge >= 0.3 is 0 Å². The summed E-state index contributed by atoms with van der Waals surface area (Å²) in [6, 6.07) is 12.2. The number of ether oxygens (including phenoxy) is 1. The molecule has 0 saturated carbocycles. The van der Waals surface area contributed by atoms with Crippen LogP contribution in [0.3, 0.4) is 0 Å². The van der Waals surface area contributed by atoms with Crippen molar-refractivity contribution < 1.29 is 14.3 Å². The van der Waals surface area contributed by atoms with Crippen LogP contribution in [0.5, 0.6) is 5.75 Å². The van der Waals surface area contributed by atoms with Crippen molar-refractivity contribution >= 4 is 23.3 Å². The number of para-hydroxylation sites is 2. The summed E-state index contributed by atoms with van der Waals surface area (Å²) >= 11 is 0. The fraction of sp³-hybridized carbons (Fsp3) is 0.188. The maximum Gasteiger partial charge on any atom is 0.281 e. The van der Waals surface area contributed by atoms with Crippen LogP contribution in [-0.4, -0.2) is 29.4 Å². The highest BCUT2D eigenvalue weighted by Crippen LogP contribution is 2.34. The molecular formula is C16H15N3O3. The van der Waals surface area contributed by atoms with Crippen molar-refractivity contribution in [1.82, 2.24) is 4.98 Å². The third kappa shape index (κ3) is 2.18. The van der Waals surface area contributed by atoms with Crippen molar-refractivity contribution in [1.29, 1.82) is 0 Å². The van der Waals surface area contributed by atoms with Crippen LogP contribution in [0.25, 0.3) is 0 Å². The van der Waals surface area contributed by atoms with E-state index in [1.807, 2.05) is 0 Å². The van der Waals surface area contributed by atoms with Gasteiger partial charge in [-0.25, -0.2) is 4.98 Å². The average molecular weight is 297 g/mol. The third-order valence-electron chi connectivity index (χ3n) is 3.59. The largest absolute Gasteiger partial charge is 0.465 e. The maximum absolute atomic E-state index is 12.7. The fourth-order valence-electron chi connectivity index (χ4n) is 2.28. The van der Waals surface area contributed by atoms with E-state index in [0.717, 1.165) is 0 Å². The van der Waals surface area contributed by atoms with Crippen LogP contribution in [0.2, 0.25) is 0 Å². The number of nitrogens with zero attached hydrogens (tertiary/aromatic N) is 2. The van der Waals surface area contributed by atoms with Crippen molar-refractivity contribution in [3.63, 3.8) is 0 Å². The first-order chi connectivity index (χ1) is 10.5. The molecule has 1 aromatic carbocycles. The van der Waals surface area contributed by atoms with E-state index >= 15 is 0 Å². The normalized spacial score (nSPS) is 19.6. The lowest BCUT2D eigenvalue weighted by molar-refractivity contribution is -0.144. The number of hydrogen-bond acceptors (Lipinski definition) is 4. The molecule has 0 saturated heterocycles. The molecule has 2 aromatic rings. The number of anilines is 2. The standard InChI is InChI=1S/C16H15N3O3/c1-16(15(21)19(2)13-9-5-6-10-17-13)14(20)18-11-7-3-4-8-12(11)22-16/h3-10H,1-2H3,(H,18,20). The Labute approximate surface area is 127 Å². The molecule has 0 fully saturated rings. The van der Waals surface area contributed by atoms with Crippen molar-refractivity contribution in [3.05, 3.63) is 48.7 Å². The van der Waals surface area contributed by atoms with E-state index in [9.17, 15) is 9.59 Å². The SMILES string of the molecule is CN(C(=O)C1(C)Oc2ccccc2NC1=O)c1ccccn1. The number of aromatic nitrogens is 1. The van der Waals surface area contributed by atoms with Crippen molar-refractivity contribution in [2.24, 2.45) is 0 Å². The quantitative estimate of drug-likeness (QED) is 0.859. The van der Waals surface area contributed by atoms with E-state index in [1.54, 1.807) is 55.7 Å². The molecule has 1 unspecified atom stereocenters. The molecule has 1 atom stereocenters. The van der Waals surface area contributed by atoms with Crippen LogP contribution in [0.15, 0.2) is 48.7 Å². The number of fused-ring (bicyclic) bond motifs is 1. The van der Waals surface area contributed by atoms with Crippen LogP contribution < -0.4 is 15.0 Å². The molecule has 0 bridgehead atoms. The van der Waals surface area contributed by atoms with Crippen LogP contribution >= 0.6 is 0 Å². The second kappa shape index (κ2) is 5.14. The minimum Gasteiger partial charge on any atom is -0.465 e. The van der Waals surface area contributed by atoms with E-state index < -0.39 is 17.4 Å². The van der Waals surface area contributed by atoms with Crippen molar-refractivity contribution in [2.75, 3.05) is 17.3 Å². The lowest BCUT2D eigenvalue weighted by Gasteiger charge is -2.35. The van der Waals surface area contributed by atoms with Gasteiger partial charge in [-0.3, -0.25) is 14.5 Å². The Morgan fingerprint density at radius 1 is 1.23 bits per heavy atom. The van der Waals surface area contributed by atoms with Gasteiger partial charge in [0.15, 0.2) is 0 Å². The van der Waals surface area contributed by atoms with Crippen LogP contribution in [0, 0.1) is 0 Å². The summed E-state index contributed by atoms with van der Waals surface area (Å²) < 4.78 is 5.71. The Bertz CT molecular complexity index is 732. The number of hydrogen-bond donors (Lipinski definition) is 1. The molecule has 1 aromatic heterocycles. The molecule has 0 spiro atoms. The molecule has 112 valence electrons. The molecule has 0 radical (unpaired) electrons. The van der Waals surface area contributed by atoms with Gasteiger partial charge in [0.2, 0.25) is 0 Å². The van der Waals surface area contributed by atoms with Gasteiger partial charge in [0.05, 0.1) is 5.69 Å². The maximum atomic E-state index is 12.7. The first-order valence-electron chi connectivity index (χ1n) is 6.81. The predicted molar refractivity (Wildman–Crippen MR) is 81.8 cm³/mol. The number of carbonyl (C=O) groups is 2. The molecule has 3 rings (SSSR count). The summed E-state index contributed by atoms with van der Waals surface area (Å²) in [5.74, 6) is -0.0754. The number of benzene rings is 1. The smallest absolute Gasteiger partial charge is 0.281 e. The highest BCUT2D eigenvalue weighted by atomic mass is 16.5. The van der Waals surface area contributed by atoms with E-state index in [1.165, 1.54) is 11.8 Å². The average Bonchev–Trinajstić information content (AvgIpc) is 2.55. The second-order valence-electron chi connectivity index (χ2n) is 5.14. The Hall–Kier alpha value is -2.89. The molecule has 22 heavy (non-hydrogen) atoms.